The fourth-order valence-corrected chi connectivity index (χ4v) is 6.01. The lowest BCUT2D eigenvalue weighted by Gasteiger charge is -2.31. The van der Waals surface area contributed by atoms with Crippen molar-refractivity contribution < 1.29 is 9.90 Å². The average molecular weight is 486 g/mol. The summed E-state index contributed by atoms with van der Waals surface area (Å²) < 4.78 is 2.07. The second kappa shape index (κ2) is 10.9. The molecule has 0 spiro atoms. The van der Waals surface area contributed by atoms with E-state index in [1.54, 1.807) is 6.07 Å². The van der Waals surface area contributed by atoms with Crippen LogP contribution in [0.3, 0.4) is 0 Å². The largest absolute Gasteiger partial charge is 0.508 e. The average Bonchev–Trinajstić information content (AvgIpc) is 3.34. The van der Waals surface area contributed by atoms with Crippen LogP contribution in [0.25, 0.3) is 0 Å². The number of aromatic nitrogens is 2. The van der Waals surface area contributed by atoms with E-state index in [0.717, 1.165) is 48.2 Å². The fraction of sp³-hybridized carbons (Fsp3) is 0.484. The van der Waals surface area contributed by atoms with Gasteiger partial charge in [-0.15, -0.1) is 0 Å². The van der Waals surface area contributed by atoms with E-state index in [1.165, 1.54) is 37.7 Å². The van der Waals surface area contributed by atoms with Gasteiger partial charge in [0.1, 0.15) is 5.75 Å². The van der Waals surface area contributed by atoms with Crippen molar-refractivity contribution in [3.05, 3.63) is 77.1 Å². The van der Waals surface area contributed by atoms with Crippen LogP contribution in [0.5, 0.6) is 5.75 Å². The molecule has 1 aromatic heterocycles. The standard InChI is InChI=1S/C31H39N3O2/c1-22(2)25-14-16-26(17-15-25)34(21-24-18-32-33(20-24)19-23-8-4-3-5-9-23)31(36)29-12-6-11-28-27(29)10-7-13-30(28)35/h7,10,13-18,20,22-23,29,35H,3-6,8-9,11-12,19,21H2,1-2H3. The van der Waals surface area contributed by atoms with E-state index in [1.807, 2.05) is 23.2 Å². The molecule has 5 heteroatoms. The van der Waals surface area contributed by atoms with Gasteiger partial charge in [0.2, 0.25) is 5.91 Å². The van der Waals surface area contributed by atoms with Crippen LogP contribution in [0.1, 0.15) is 92.9 Å². The molecular weight excluding hydrogens is 446 g/mol. The quantitative estimate of drug-likeness (QED) is 0.394. The maximum atomic E-state index is 14.1. The van der Waals surface area contributed by atoms with E-state index < -0.39 is 0 Å². The third-order valence-corrected chi connectivity index (χ3v) is 8.12. The number of nitrogens with zero attached hydrogens (tertiary/aromatic N) is 3. The molecule has 0 saturated heterocycles. The zero-order chi connectivity index (χ0) is 25.1. The number of hydrogen-bond acceptors (Lipinski definition) is 3. The Morgan fingerprint density at radius 1 is 1.06 bits per heavy atom. The van der Waals surface area contributed by atoms with Crippen LogP contribution in [0.4, 0.5) is 5.69 Å². The van der Waals surface area contributed by atoms with Crippen LogP contribution in [0.2, 0.25) is 0 Å². The molecule has 1 saturated carbocycles. The molecule has 1 amide bonds. The Morgan fingerprint density at radius 2 is 1.83 bits per heavy atom. The van der Waals surface area contributed by atoms with Gasteiger partial charge in [0, 0.05) is 24.0 Å². The molecule has 1 atom stereocenters. The first kappa shape index (κ1) is 24.6. The molecule has 190 valence electrons. The van der Waals surface area contributed by atoms with Gasteiger partial charge < -0.3 is 10.0 Å². The summed E-state index contributed by atoms with van der Waals surface area (Å²) in [6.07, 6.45) is 13.2. The Kier molecular flexibility index (Phi) is 7.45. The summed E-state index contributed by atoms with van der Waals surface area (Å²) in [5.41, 5.74) is 5.13. The number of carbonyl (C=O) groups excluding carboxylic acids is 1. The molecule has 1 N–H and O–H groups in total. The molecule has 0 radical (unpaired) electrons. The number of anilines is 1. The Bertz CT molecular complexity index is 1170. The van der Waals surface area contributed by atoms with Crippen molar-refractivity contribution in [2.45, 2.75) is 90.1 Å². The Hall–Kier alpha value is -3.08. The molecule has 0 bridgehead atoms. The second-order valence-electron chi connectivity index (χ2n) is 11.0. The van der Waals surface area contributed by atoms with E-state index in [4.69, 9.17) is 0 Å². The van der Waals surface area contributed by atoms with Gasteiger partial charge in [-0.25, -0.2) is 0 Å². The third kappa shape index (κ3) is 5.35. The van der Waals surface area contributed by atoms with Crippen molar-refractivity contribution in [1.82, 2.24) is 9.78 Å². The summed E-state index contributed by atoms with van der Waals surface area (Å²) in [6, 6.07) is 14.0. The van der Waals surface area contributed by atoms with Crippen LogP contribution in [-0.4, -0.2) is 20.8 Å². The van der Waals surface area contributed by atoms with E-state index in [2.05, 4.69) is 54.1 Å². The zero-order valence-corrected chi connectivity index (χ0v) is 21.7. The monoisotopic (exact) mass is 485 g/mol. The van der Waals surface area contributed by atoms with Crippen molar-refractivity contribution >= 4 is 11.6 Å². The lowest BCUT2D eigenvalue weighted by atomic mass is 9.81. The Labute approximate surface area is 215 Å². The molecule has 5 rings (SSSR count). The lowest BCUT2D eigenvalue weighted by Crippen LogP contribution is -2.36. The number of hydrogen-bond donors (Lipinski definition) is 1. The molecule has 2 aromatic carbocycles. The molecule has 5 nitrogen and oxygen atoms in total. The first-order chi connectivity index (χ1) is 17.5. The Balaban J connectivity index is 1.42. The van der Waals surface area contributed by atoms with Crippen LogP contribution < -0.4 is 4.90 Å². The highest BCUT2D eigenvalue weighted by atomic mass is 16.3. The molecule has 3 aromatic rings. The summed E-state index contributed by atoms with van der Waals surface area (Å²) in [7, 11) is 0. The highest BCUT2D eigenvalue weighted by Gasteiger charge is 2.32. The number of carbonyl (C=O) groups is 1. The first-order valence-corrected chi connectivity index (χ1v) is 13.7. The topological polar surface area (TPSA) is 58.4 Å². The minimum atomic E-state index is -0.247. The van der Waals surface area contributed by atoms with E-state index in [9.17, 15) is 9.90 Å². The lowest BCUT2D eigenvalue weighted by molar-refractivity contribution is -0.120. The summed E-state index contributed by atoms with van der Waals surface area (Å²) >= 11 is 0. The van der Waals surface area contributed by atoms with Crippen molar-refractivity contribution in [3.63, 3.8) is 0 Å². The van der Waals surface area contributed by atoms with Gasteiger partial charge in [0.25, 0.3) is 0 Å². The summed E-state index contributed by atoms with van der Waals surface area (Å²) in [5.74, 6) is 1.30. The minimum Gasteiger partial charge on any atom is -0.508 e. The molecule has 1 unspecified atom stereocenters. The molecular formula is C31H39N3O2. The molecule has 2 aliphatic rings. The fourth-order valence-electron chi connectivity index (χ4n) is 6.01. The maximum Gasteiger partial charge on any atom is 0.234 e. The molecule has 1 heterocycles. The second-order valence-corrected chi connectivity index (χ2v) is 11.0. The highest BCUT2D eigenvalue weighted by Crippen LogP contribution is 2.38. The minimum absolute atomic E-state index is 0.0962. The number of fused-ring (bicyclic) bond motifs is 1. The number of benzene rings is 2. The van der Waals surface area contributed by atoms with Crippen molar-refractivity contribution in [1.29, 1.82) is 0 Å². The summed E-state index contributed by atoms with van der Waals surface area (Å²) in [5, 5.41) is 15.1. The summed E-state index contributed by atoms with van der Waals surface area (Å²) in [4.78, 5) is 16.1. The van der Waals surface area contributed by atoms with Crippen LogP contribution >= 0.6 is 0 Å². The number of amides is 1. The van der Waals surface area contributed by atoms with Gasteiger partial charge in [0.15, 0.2) is 0 Å². The molecule has 2 aliphatic carbocycles. The number of phenolic OH excluding ortho intramolecular Hbond substituents is 1. The van der Waals surface area contributed by atoms with Crippen LogP contribution in [-0.2, 0) is 24.3 Å². The third-order valence-electron chi connectivity index (χ3n) is 8.12. The predicted molar refractivity (Wildman–Crippen MR) is 144 cm³/mol. The van der Waals surface area contributed by atoms with Crippen LogP contribution in [0.15, 0.2) is 54.9 Å². The number of aromatic hydroxyl groups is 1. The zero-order valence-electron chi connectivity index (χ0n) is 21.7. The van der Waals surface area contributed by atoms with E-state index in [-0.39, 0.29) is 11.8 Å². The smallest absolute Gasteiger partial charge is 0.234 e. The van der Waals surface area contributed by atoms with Gasteiger partial charge in [-0.1, -0.05) is 57.4 Å². The predicted octanol–water partition coefficient (Wildman–Crippen LogP) is 6.95. The SMILES string of the molecule is CC(C)c1ccc(N(Cc2cnn(CC3CCCCC3)c2)C(=O)C2CCCc3c(O)cccc32)cc1. The normalized spacial score (nSPS) is 18.2. The van der Waals surface area contributed by atoms with Gasteiger partial charge >= 0.3 is 0 Å². The van der Waals surface area contributed by atoms with Crippen molar-refractivity contribution in [3.8, 4) is 5.75 Å². The number of rotatable bonds is 7. The van der Waals surface area contributed by atoms with Crippen LogP contribution in [0, 0.1) is 5.92 Å². The van der Waals surface area contributed by atoms with E-state index >= 15 is 0 Å². The van der Waals surface area contributed by atoms with E-state index in [0.29, 0.717) is 24.1 Å². The van der Waals surface area contributed by atoms with Gasteiger partial charge in [-0.3, -0.25) is 9.48 Å². The maximum absolute atomic E-state index is 14.1. The van der Waals surface area contributed by atoms with Crippen molar-refractivity contribution in [2.75, 3.05) is 4.90 Å². The van der Waals surface area contributed by atoms with Gasteiger partial charge in [0.05, 0.1) is 18.7 Å². The van der Waals surface area contributed by atoms with Crippen molar-refractivity contribution in [2.24, 2.45) is 5.92 Å². The summed E-state index contributed by atoms with van der Waals surface area (Å²) in [6.45, 7) is 5.83. The van der Waals surface area contributed by atoms with Gasteiger partial charge in [-0.05, 0) is 78.8 Å². The highest BCUT2D eigenvalue weighted by molar-refractivity contribution is 5.98. The first-order valence-electron chi connectivity index (χ1n) is 13.7. The van der Waals surface area contributed by atoms with Gasteiger partial charge in [-0.2, -0.15) is 5.10 Å². The number of phenols is 1. The Morgan fingerprint density at radius 3 is 2.58 bits per heavy atom. The molecule has 0 aliphatic heterocycles. The molecule has 36 heavy (non-hydrogen) atoms. The molecule has 1 fully saturated rings.